The van der Waals surface area contributed by atoms with Gasteiger partial charge in [0, 0.05) is 12.6 Å². The number of allylic oxidation sites excluding steroid dienone is 2. The number of nitrogens with one attached hydrogen (secondary N) is 1. The number of hydrogen-bond acceptors (Lipinski definition) is 7. The van der Waals surface area contributed by atoms with Gasteiger partial charge in [-0.3, -0.25) is 34.2 Å². The van der Waals surface area contributed by atoms with Gasteiger partial charge < -0.3 is 10.1 Å². The molecule has 1 aromatic rings. The number of rotatable bonds is 7. The third-order valence-corrected chi connectivity index (χ3v) is 5.21. The molecule has 1 fully saturated rings. The number of hydrogen-bond donors (Lipinski definition) is 1. The van der Waals surface area contributed by atoms with E-state index >= 15 is 0 Å². The fourth-order valence-corrected chi connectivity index (χ4v) is 3.65. The minimum atomic E-state index is -0.752. The Morgan fingerprint density at radius 2 is 1.83 bits per heavy atom. The van der Waals surface area contributed by atoms with Crippen LogP contribution in [0.5, 0.6) is 0 Å². The molecule has 3 amide bonds. The molecule has 0 aromatic heterocycles. The van der Waals surface area contributed by atoms with Gasteiger partial charge in [0.25, 0.3) is 11.6 Å². The molecule has 1 heterocycles. The van der Waals surface area contributed by atoms with Crippen LogP contribution in [-0.2, 0) is 23.9 Å². The van der Waals surface area contributed by atoms with Crippen molar-refractivity contribution in [2.75, 3.05) is 18.5 Å². The number of fused-ring (bicyclic) bond motifs is 1. The number of carbonyl (C=O) groups excluding carboxylic acids is 4. The second-order valence-corrected chi connectivity index (χ2v) is 7.17. The molecule has 10 nitrogen and oxygen atoms in total. The Morgan fingerprint density at radius 3 is 2.43 bits per heavy atom. The zero-order valence-electron chi connectivity index (χ0n) is 16.3. The number of imide groups is 1. The molecule has 3 rings (SSSR count). The van der Waals surface area contributed by atoms with Gasteiger partial charge in [0.05, 0.1) is 23.2 Å². The van der Waals surface area contributed by atoms with Crippen molar-refractivity contribution < 1.29 is 28.8 Å². The number of aryl methyl sites for hydroxylation is 1. The van der Waals surface area contributed by atoms with Gasteiger partial charge >= 0.3 is 5.97 Å². The van der Waals surface area contributed by atoms with E-state index in [1.54, 1.807) is 13.0 Å². The summed E-state index contributed by atoms with van der Waals surface area (Å²) >= 11 is 0. The smallest absolute Gasteiger partial charge is 0.308 e. The molecule has 10 heteroatoms. The lowest BCUT2D eigenvalue weighted by Gasteiger charge is -2.14. The van der Waals surface area contributed by atoms with Crippen molar-refractivity contribution in [2.24, 2.45) is 11.8 Å². The minimum Gasteiger partial charge on any atom is -0.456 e. The average Bonchev–Trinajstić information content (AvgIpc) is 2.96. The third kappa shape index (κ3) is 4.37. The highest BCUT2D eigenvalue weighted by Gasteiger charge is 2.46. The van der Waals surface area contributed by atoms with E-state index in [-0.39, 0.29) is 48.0 Å². The Balaban J connectivity index is 1.49. The third-order valence-electron chi connectivity index (χ3n) is 5.21. The maximum Gasteiger partial charge on any atom is 0.308 e. The standard InChI is InChI=1S/C20H21N3O7/c1-12-5-4-8-15(23(28)29)18(12)21-16(24)11-30-17(25)9-10-22-19(26)13-6-2-3-7-14(13)20(22)27/h2-5,8,13-14H,6-7,9-11H2,1H3,(H,21,24)/t13-,14-/m0/s1. The fourth-order valence-electron chi connectivity index (χ4n) is 3.65. The summed E-state index contributed by atoms with van der Waals surface area (Å²) < 4.78 is 4.88. The number of carbonyl (C=O) groups is 4. The van der Waals surface area contributed by atoms with Crippen LogP contribution in [-0.4, -0.2) is 46.7 Å². The highest BCUT2D eigenvalue weighted by atomic mass is 16.6. The Labute approximate surface area is 172 Å². The molecule has 1 saturated heterocycles. The van der Waals surface area contributed by atoms with Crippen molar-refractivity contribution in [3.05, 3.63) is 46.0 Å². The lowest BCUT2D eigenvalue weighted by molar-refractivity contribution is -0.384. The predicted molar refractivity (Wildman–Crippen MR) is 104 cm³/mol. The Bertz CT molecular complexity index is 914. The summed E-state index contributed by atoms with van der Waals surface area (Å²) in [5.41, 5.74) is 0.260. The molecule has 1 aliphatic carbocycles. The highest BCUT2D eigenvalue weighted by Crippen LogP contribution is 2.35. The van der Waals surface area contributed by atoms with Crippen molar-refractivity contribution in [1.29, 1.82) is 0 Å². The highest BCUT2D eigenvalue weighted by molar-refractivity contribution is 6.05. The van der Waals surface area contributed by atoms with Crippen LogP contribution < -0.4 is 5.32 Å². The first-order chi connectivity index (χ1) is 14.3. The summed E-state index contributed by atoms with van der Waals surface area (Å²) in [6.45, 7) is 0.863. The molecular formula is C20H21N3O7. The van der Waals surface area contributed by atoms with Crippen molar-refractivity contribution >= 4 is 35.1 Å². The summed E-state index contributed by atoms with van der Waals surface area (Å²) in [6, 6.07) is 4.36. The number of likely N-dealkylation sites (tertiary alicyclic amines) is 1. The summed E-state index contributed by atoms with van der Waals surface area (Å²) in [5, 5.41) is 13.5. The molecule has 0 saturated carbocycles. The van der Waals surface area contributed by atoms with E-state index in [9.17, 15) is 29.3 Å². The monoisotopic (exact) mass is 415 g/mol. The molecule has 0 radical (unpaired) electrons. The van der Waals surface area contributed by atoms with E-state index in [0.29, 0.717) is 18.4 Å². The molecule has 1 aromatic carbocycles. The van der Waals surface area contributed by atoms with E-state index in [0.717, 1.165) is 4.90 Å². The number of benzene rings is 1. The first-order valence-electron chi connectivity index (χ1n) is 9.49. The second kappa shape index (κ2) is 8.85. The fraction of sp³-hybridized carbons (Fsp3) is 0.400. The van der Waals surface area contributed by atoms with Crippen molar-refractivity contribution in [1.82, 2.24) is 4.90 Å². The molecule has 158 valence electrons. The van der Waals surface area contributed by atoms with Gasteiger partial charge in [0.1, 0.15) is 5.69 Å². The first-order valence-corrected chi connectivity index (χ1v) is 9.49. The van der Waals surface area contributed by atoms with Gasteiger partial charge in [0.15, 0.2) is 6.61 Å². The summed E-state index contributed by atoms with van der Waals surface area (Å²) in [6.07, 6.45) is 4.55. The molecule has 2 atom stereocenters. The number of nitro groups is 1. The zero-order chi connectivity index (χ0) is 21.8. The van der Waals surface area contributed by atoms with Crippen LogP contribution in [0, 0.1) is 28.9 Å². The lowest BCUT2D eigenvalue weighted by atomic mass is 9.85. The second-order valence-electron chi connectivity index (χ2n) is 7.17. The van der Waals surface area contributed by atoms with Gasteiger partial charge in [-0.25, -0.2) is 0 Å². The van der Waals surface area contributed by atoms with E-state index < -0.39 is 23.4 Å². The number of ether oxygens (including phenoxy) is 1. The molecule has 1 N–H and O–H groups in total. The molecule has 2 aliphatic rings. The number of anilines is 1. The topological polar surface area (TPSA) is 136 Å². The number of amides is 3. The number of nitro benzene ring substituents is 1. The van der Waals surface area contributed by atoms with E-state index in [4.69, 9.17) is 4.74 Å². The first kappa shape index (κ1) is 21.2. The lowest BCUT2D eigenvalue weighted by Crippen LogP contribution is -2.33. The van der Waals surface area contributed by atoms with Crippen molar-refractivity contribution in [3.8, 4) is 0 Å². The van der Waals surface area contributed by atoms with Crippen molar-refractivity contribution in [2.45, 2.75) is 26.2 Å². The molecular weight excluding hydrogens is 394 g/mol. The Kier molecular flexibility index (Phi) is 6.24. The largest absolute Gasteiger partial charge is 0.456 e. The maximum atomic E-state index is 12.4. The maximum absolute atomic E-state index is 12.4. The van der Waals surface area contributed by atoms with Gasteiger partial charge in [-0.05, 0) is 25.3 Å². The molecule has 0 bridgehead atoms. The van der Waals surface area contributed by atoms with Crippen LogP contribution in [0.4, 0.5) is 11.4 Å². The molecule has 30 heavy (non-hydrogen) atoms. The summed E-state index contributed by atoms with van der Waals surface area (Å²) in [4.78, 5) is 60.2. The Hall–Kier alpha value is -3.56. The minimum absolute atomic E-state index is 0.0352. The molecule has 0 spiro atoms. The van der Waals surface area contributed by atoms with E-state index in [1.807, 2.05) is 12.2 Å². The van der Waals surface area contributed by atoms with E-state index in [2.05, 4.69) is 5.32 Å². The quantitative estimate of drug-likeness (QED) is 0.235. The zero-order valence-corrected chi connectivity index (χ0v) is 16.3. The van der Waals surface area contributed by atoms with Gasteiger partial charge in [0.2, 0.25) is 11.8 Å². The normalized spacial score (nSPS) is 20.1. The predicted octanol–water partition coefficient (Wildman–Crippen LogP) is 1.73. The van der Waals surface area contributed by atoms with Crippen molar-refractivity contribution in [3.63, 3.8) is 0 Å². The molecule has 0 unspecified atom stereocenters. The van der Waals surface area contributed by atoms with E-state index in [1.165, 1.54) is 12.1 Å². The molecule has 1 aliphatic heterocycles. The van der Waals surface area contributed by atoms with Crippen LogP contribution in [0.15, 0.2) is 30.4 Å². The summed E-state index contributed by atoms with van der Waals surface area (Å²) in [7, 11) is 0. The Morgan fingerprint density at radius 1 is 1.20 bits per heavy atom. The number of para-hydroxylation sites is 1. The summed E-state index contributed by atoms with van der Waals surface area (Å²) in [5.74, 6) is -2.79. The van der Waals surface area contributed by atoms with Gasteiger partial charge in [-0.2, -0.15) is 0 Å². The van der Waals surface area contributed by atoms with Crippen LogP contribution in [0.1, 0.15) is 24.8 Å². The average molecular weight is 415 g/mol. The number of nitrogens with zero attached hydrogens (tertiary/aromatic N) is 2. The van der Waals surface area contributed by atoms with Crippen LogP contribution in [0.25, 0.3) is 0 Å². The number of esters is 1. The van der Waals surface area contributed by atoms with Gasteiger partial charge in [-0.1, -0.05) is 24.3 Å². The van der Waals surface area contributed by atoms with Crippen LogP contribution in [0.2, 0.25) is 0 Å². The van der Waals surface area contributed by atoms with Crippen LogP contribution in [0.3, 0.4) is 0 Å². The van der Waals surface area contributed by atoms with Crippen LogP contribution >= 0.6 is 0 Å². The van der Waals surface area contributed by atoms with Gasteiger partial charge in [-0.15, -0.1) is 0 Å². The SMILES string of the molecule is Cc1cccc([N+](=O)[O-])c1NC(=O)COC(=O)CCN1C(=O)[C@H]2CC=CC[C@@H]2C1=O.